The van der Waals surface area contributed by atoms with E-state index in [0.717, 1.165) is 0 Å². The molecule has 12 aromatic rings. The molecule has 3 aliphatic heterocycles. The summed E-state index contributed by atoms with van der Waals surface area (Å²) in [5.74, 6) is -2.86. The molecule has 3 aliphatic rings. The maximum absolute atomic E-state index is 13.8. The number of aromatic carboxylic acids is 1. The van der Waals surface area contributed by atoms with E-state index in [0.29, 0.717) is 144 Å². The monoisotopic (exact) mass is 1570 g/mol. The van der Waals surface area contributed by atoms with Crippen molar-refractivity contribution < 1.29 is 38.6 Å². The maximum atomic E-state index is 13.8. The van der Waals surface area contributed by atoms with Crippen LogP contribution in [0.4, 0.5) is 0 Å². The molecular weight excluding hydrogens is 1510 g/mol. The van der Waals surface area contributed by atoms with Crippen LogP contribution in [0.5, 0.6) is 0 Å². The number of hydrogen-bond acceptors (Lipinski definition) is 14. The van der Waals surface area contributed by atoms with Gasteiger partial charge in [0.25, 0.3) is 40.3 Å². The molecule has 15 rings (SSSR count). The summed E-state index contributed by atoms with van der Waals surface area (Å²) < 4.78 is 14.2. The summed E-state index contributed by atoms with van der Waals surface area (Å²) >= 11 is 36.3. The lowest BCUT2D eigenvalue weighted by Gasteiger charge is -2.29. The number of carbonyl (C=O) groups excluding carboxylic acids is 5. The summed E-state index contributed by atoms with van der Waals surface area (Å²) in [5.41, 5.74) is 11.5. The van der Waals surface area contributed by atoms with Gasteiger partial charge in [0.2, 0.25) is 0 Å². The van der Waals surface area contributed by atoms with Crippen LogP contribution >= 0.6 is 69.6 Å². The maximum Gasteiger partial charge on any atom is 0.343 e. The number of esters is 1. The molecule has 4 amide bonds. The standard InChI is InChI=1S/C26H23Cl2N5O3.C25H20Cl2N4O4.C23H16Cl2N4O4.C3H9N/c1-15(2)30-23(34)19-13-29-33-22-14-31(25(35)16-8-9-20(27)21(28)12-16)11-10-18(22)26(36)32(24(19)33)17-6-4-3-5-7-17;1-2-35-25(34)18-13-28-31-21-14-29(23(32)15-8-9-19(26)20(27)12-15)11-10-17(21)24(33)30(22(18)31)16-6-4-3-5-7-16;24-17-7-6-13(10-18(17)25)21(30)27-9-8-15-19(12-27)29-20(16(11-26-29)23(32)33)28(22(15)31)14-4-2-1-3-5-14;1-3(2)4/h3-9,12-13,15H,10-11,14H2,1-2H3,(H,30,34);3-9,12-13H,2,10-11,14H2,1H3;1-7,10-11H,8-9,12H2,(H,32,33);3H,4H2,1-2H3. The molecule has 0 fully saturated rings. The molecule has 0 spiro atoms. The number of fused-ring (bicyclic) bond motifs is 9. The van der Waals surface area contributed by atoms with Crippen LogP contribution in [-0.2, 0) is 43.6 Å². The number of hydrogen-bond donors (Lipinski definition) is 3. The van der Waals surface area contributed by atoms with Crippen molar-refractivity contribution in [2.24, 2.45) is 5.73 Å². The number of ether oxygens (including phenoxy) is 1. The number of amides is 4. The number of rotatable bonds is 11. The molecule has 4 N–H and O–H groups in total. The summed E-state index contributed by atoms with van der Waals surface area (Å²) in [4.78, 5) is 123. The highest BCUT2D eigenvalue weighted by Crippen LogP contribution is 2.32. The molecule has 0 saturated carbocycles. The van der Waals surface area contributed by atoms with Crippen molar-refractivity contribution in [3.05, 3.63) is 293 Å². The molecule has 554 valence electrons. The van der Waals surface area contributed by atoms with Gasteiger partial charge in [-0.1, -0.05) is 138 Å². The number of nitrogens with one attached hydrogen (secondary N) is 1. The predicted molar refractivity (Wildman–Crippen MR) is 412 cm³/mol. The Hall–Kier alpha value is -10.9. The number of aromatic nitrogens is 9. The van der Waals surface area contributed by atoms with Crippen LogP contribution in [0.25, 0.3) is 34.0 Å². The number of carboxylic acids is 1. The van der Waals surface area contributed by atoms with Crippen molar-refractivity contribution in [3.8, 4) is 17.1 Å². The highest BCUT2D eigenvalue weighted by Gasteiger charge is 2.35. The van der Waals surface area contributed by atoms with Gasteiger partial charge in [0.1, 0.15) is 16.7 Å². The molecule has 6 aromatic heterocycles. The van der Waals surface area contributed by atoms with E-state index in [9.17, 15) is 48.3 Å². The Morgan fingerprint density at radius 1 is 0.463 bits per heavy atom. The predicted octanol–water partition coefficient (Wildman–Crippen LogP) is 12.3. The summed E-state index contributed by atoms with van der Waals surface area (Å²) in [6.45, 7) is 10.9. The van der Waals surface area contributed by atoms with Crippen molar-refractivity contribution in [2.45, 2.75) is 85.6 Å². The van der Waals surface area contributed by atoms with Gasteiger partial charge < -0.3 is 35.6 Å². The Kier molecular flexibility index (Phi) is 23.2. The van der Waals surface area contributed by atoms with Gasteiger partial charge in [0.05, 0.1) is 109 Å². The summed E-state index contributed by atoms with van der Waals surface area (Å²) in [6, 6.07) is 41.4. The van der Waals surface area contributed by atoms with Crippen LogP contribution in [0.1, 0.15) is 131 Å². The van der Waals surface area contributed by atoms with Gasteiger partial charge in [0, 0.05) is 59.1 Å². The largest absolute Gasteiger partial charge is 0.477 e. The second kappa shape index (κ2) is 32.7. The van der Waals surface area contributed by atoms with Gasteiger partial charge in [-0.2, -0.15) is 15.3 Å². The smallest absolute Gasteiger partial charge is 0.343 e. The van der Waals surface area contributed by atoms with E-state index >= 15 is 0 Å². The third kappa shape index (κ3) is 15.5. The van der Waals surface area contributed by atoms with E-state index in [1.54, 1.807) is 103 Å². The lowest BCUT2D eigenvalue weighted by molar-refractivity contribution is 0.0526. The average Bonchev–Trinajstić information content (AvgIpc) is 1.51. The van der Waals surface area contributed by atoms with Crippen LogP contribution in [0.2, 0.25) is 30.1 Å². The van der Waals surface area contributed by atoms with Crippen LogP contribution in [0.3, 0.4) is 0 Å². The van der Waals surface area contributed by atoms with Gasteiger partial charge in [-0.3, -0.25) is 47.3 Å². The fraction of sp³-hybridized carbons (Fsp3) is 0.221. The molecule has 0 bridgehead atoms. The SMILES string of the molecule is CC(C)N.CC(C)NC(=O)c1cnn2c3c(c(=O)n(-c4ccccc4)c12)CCN(C(=O)c1ccc(Cl)c(Cl)c1)C3.CCOC(=O)c1cnn2c3c(c(=O)n(-c4ccccc4)c12)CCN(C(=O)c1ccc(Cl)c(Cl)c1)C3.O=C(O)c1cnn2c3c(c(=O)n(-c4ccccc4)c12)CCN(C(=O)c1ccc(Cl)c(Cl)c1)C3. The topological polar surface area (TPSA) is 298 Å². The zero-order chi connectivity index (χ0) is 77.1. The molecule has 25 nitrogen and oxygen atoms in total. The van der Waals surface area contributed by atoms with Crippen molar-refractivity contribution in [2.75, 3.05) is 26.2 Å². The zero-order valence-corrected chi connectivity index (χ0v) is 63.1. The van der Waals surface area contributed by atoms with E-state index in [-0.39, 0.29) is 105 Å². The molecule has 108 heavy (non-hydrogen) atoms. The molecule has 9 heterocycles. The fourth-order valence-electron chi connectivity index (χ4n) is 12.9. The van der Waals surface area contributed by atoms with E-state index in [1.807, 2.05) is 82.3 Å². The molecule has 0 saturated heterocycles. The molecular formula is C77H68Cl6N14O11. The number of carbonyl (C=O) groups is 6. The quantitative estimate of drug-likeness (QED) is 0.101. The fourth-order valence-corrected chi connectivity index (χ4v) is 13.8. The van der Waals surface area contributed by atoms with Crippen molar-refractivity contribution in [3.63, 3.8) is 0 Å². The lowest BCUT2D eigenvalue weighted by atomic mass is 10.0. The zero-order valence-electron chi connectivity index (χ0n) is 58.6. The first-order chi connectivity index (χ1) is 51.8. The Morgan fingerprint density at radius 3 is 1.07 bits per heavy atom. The van der Waals surface area contributed by atoms with Crippen LogP contribution < -0.4 is 27.7 Å². The second-order valence-corrected chi connectivity index (χ2v) is 28.2. The van der Waals surface area contributed by atoms with Crippen LogP contribution in [-0.4, -0.2) is 136 Å². The Labute approximate surface area is 646 Å². The third-order valence-corrected chi connectivity index (χ3v) is 20.0. The number of carboxylic acid groups (broad SMARTS) is 1. The number of benzene rings is 6. The molecule has 6 aromatic carbocycles. The molecule has 0 atom stereocenters. The minimum Gasteiger partial charge on any atom is -0.477 e. The van der Waals surface area contributed by atoms with Crippen molar-refractivity contribution >= 4 is 122 Å². The molecule has 0 unspecified atom stereocenters. The normalized spacial score (nSPS) is 13.0. The number of halogens is 6. The Balaban J connectivity index is 0.000000148. The minimum atomic E-state index is -1.20. The van der Waals surface area contributed by atoms with Gasteiger partial charge >= 0.3 is 11.9 Å². The highest BCUT2D eigenvalue weighted by molar-refractivity contribution is 6.43. The number of nitrogens with zero attached hydrogens (tertiary/aromatic N) is 12. The average molecular weight is 1580 g/mol. The summed E-state index contributed by atoms with van der Waals surface area (Å²) in [5, 5.41) is 27.7. The van der Waals surface area contributed by atoms with E-state index in [4.69, 9.17) is 80.1 Å². The number of nitrogens with two attached hydrogens (primary N) is 1. The summed E-state index contributed by atoms with van der Waals surface area (Å²) in [7, 11) is 0. The van der Waals surface area contributed by atoms with E-state index in [2.05, 4.69) is 20.6 Å². The first-order valence-electron chi connectivity index (χ1n) is 34.1. The van der Waals surface area contributed by atoms with Crippen LogP contribution in [0.15, 0.2) is 179 Å². The van der Waals surface area contributed by atoms with E-state index < -0.39 is 11.9 Å². The third-order valence-electron chi connectivity index (χ3n) is 17.8. The van der Waals surface area contributed by atoms with E-state index in [1.165, 1.54) is 55.0 Å². The Bertz CT molecular complexity index is 5740. The lowest BCUT2D eigenvalue weighted by Crippen LogP contribution is -2.41. The van der Waals surface area contributed by atoms with Crippen molar-refractivity contribution in [1.82, 2.24) is 62.6 Å². The van der Waals surface area contributed by atoms with Gasteiger partial charge in [-0.05, 0) is 137 Å². The second-order valence-electron chi connectivity index (χ2n) is 25.8. The van der Waals surface area contributed by atoms with Crippen molar-refractivity contribution in [1.29, 1.82) is 0 Å². The van der Waals surface area contributed by atoms with Gasteiger partial charge in [-0.15, -0.1) is 0 Å². The number of para-hydroxylation sites is 3. The summed E-state index contributed by atoms with van der Waals surface area (Å²) in [6.07, 6.45) is 5.05. The van der Waals surface area contributed by atoms with Crippen LogP contribution in [0, 0.1) is 0 Å². The molecule has 0 aliphatic carbocycles. The first-order valence-corrected chi connectivity index (χ1v) is 36.3. The molecule has 0 radical (unpaired) electrons. The first kappa shape index (κ1) is 76.7. The Morgan fingerprint density at radius 2 is 0.769 bits per heavy atom. The van der Waals surface area contributed by atoms with Gasteiger partial charge in [-0.25, -0.2) is 23.1 Å². The highest BCUT2D eigenvalue weighted by atomic mass is 35.5. The van der Waals surface area contributed by atoms with Gasteiger partial charge in [0.15, 0.2) is 16.9 Å². The minimum absolute atomic E-state index is 0.0938. The molecule has 31 heteroatoms.